The summed E-state index contributed by atoms with van der Waals surface area (Å²) in [5.74, 6) is 2.21. The van der Waals surface area contributed by atoms with Gasteiger partial charge >= 0.3 is 0 Å². The number of nitrogens with one attached hydrogen (secondary N) is 2. The maximum absolute atomic E-state index is 10.8. The number of likely N-dealkylation sites (tertiary alicyclic amines) is 1. The van der Waals surface area contributed by atoms with Crippen molar-refractivity contribution in [2.45, 2.75) is 45.1 Å². The Morgan fingerprint density at radius 2 is 2.05 bits per heavy atom. The molecule has 37 heavy (non-hydrogen) atoms. The predicted octanol–water partition coefficient (Wildman–Crippen LogP) is 4.33. The van der Waals surface area contributed by atoms with Gasteiger partial charge in [-0.1, -0.05) is 6.58 Å². The Labute approximate surface area is 219 Å². The number of carbonyl (C=O) groups is 1. The molecular formula is C28H37N7O2. The van der Waals surface area contributed by atoms with E-state index in [9.17, 15) is 4.79 Å². The van der Waals surface area contributed by atoms with Crippen molar-refractivity contribution in [1.29, 1.82) is 0 Å². The number of nitrogens with zero attached hydrogens (tertiary/aromatic N) is 5. The molecule has 2 fully saturated rings. The summed E-state index contributed by atoms with van der Waals surface area (Å²) in [6, 6.07) is 4.16. The quantitative estimate of drug-likeness (QED) is 0.514. The molecule has 9 nitrogen and oxygen atoms in total. The van der Waals surface area contributed by atoms with Gasteiger partial charge in [-0.15, -0.1) is 0 Å². The highest BCUT2D eigenvalue weighted by Gasteiger charge is 2.24. The van der Waals surface area contributed by atoms with Crippen LogP contribution in [-0.4, -0.2) is 56.7 Å². The molecule has 1 amide bonds. The normalized spacial score (nSPS) is 16.9. The number of amides is 1. The minimum Gasteiger partial charge on any atom is -0.485 e. The lowest BCUT2D eigenvalue weighted by Gasteiger charge is -2.23. The molecule has 6 heterocycles. The SMILES string of the molecule is C=CC(=O)N1CCCC1.Cc1nc(C2CCNCC2)cc2c1OCc1c(-c3cnn(C)c3)ccnc1N2.[HH]. The van der Waals surface area contributed by atoms with Crippen LogP contribution in [0.3, 0.4) is 0 Å². The summed E-state index contributed by atoms with van der Waals surface area (Å²) < 4.78 is 8.02. The van der Waals surface area contributed by atoms with E-state index in [0.717, 1.165) is 97.2 Å². The second-order valence-electron chi connectivity index (χ2n) is 9.77. The summed E-state index contributed by atoms with van der Waals surface area (Å²) >= 11 is 0. The van der Waals surface area contributed by atoms with Crippen LogP contribution in [0, 0.1) is 6.92 Å². The maximum atomic E-state index is 10.8. The van der Waals surface area contributed by atoms with Gasteiger partial charge in [0.15, 0.2) is 5.75 Å². The van der Waals surface area contributed by atoms with Crippen LogP contribution in [0.1, 0.15) is 50.0 Å². The van der Waals surface area contributed by atoms with Crippen LogP contribution in [0.4, 0.5) is 11.5 Å². The molecule has 2 saturated heterocycles. The van der Waals surface area contributed by atoms with E-state index in [0.29, 0.717) is 12.5 Å². The summed E-state index contributed by atoms with van der Waals surface area (Å²) in [6.45, 7) is 9.82. The zero-order chi connectivity index (χ0) is 25.8. The van der Waals surface area contributed by atoms with Gasteiger partial charge in [0.25, 0.3) is 0 Å². The van der Waals surface area contributed by atoms with Crippen LogP contribution in [-0.2, 0) is 18.4 Å². The first kappa shape index (κ1) is 25.0. The molecule has 3 aliphatic rings. The lowest BCUT2D eigenvalue weighted by Crippen LogP contribution is -2.27. The fourth-order valence-electron chi connectivity index (χ4n) is 5.20. The van der Waals surface area contributed by atoms with Crippen molar-refractivity contribution < 1.29 is 11.0 Å². The summed E-state index contributed by atoms with van der Waals surface area (Å²) in [5, 5.41) is 11.2. The van der Waals surface area contributed by atoms with E-state index in [1.54, 1.807) is 4.68 Å². The first-order valence-electron chi connectivity index (χ1n) is 13.0. The van der Waals surface area contributed by atoms with E-state index in [1.165, 1.54) is 6.08 Å². The monoisotopic (exact) mass is 503 g/mol. The minimum atomic E-state index is 0. The zero-order valence-electron chi connectivity index (χ0n) is 21.7. The van der Waals surface area contributed by atoms with E-state index in [-0.39, 0.29) is 7.33 Å². The fraction of sp³-hybridized carbons (Fsp3) is 0.429. The van der Waals surface area contributed by atoms with Crippen LogP contribution in [0.25, 0.3) is 11.1 Å². The number of piperidine rings is 1. The zero-order valence-corrected chi connectivity index (χ0v) is 21.7. The van der Waals surface area contributed by atoms with E-state index in [4.69, 9.17) is 9.72 Å². The molecule has 2 N–H and O–H groups in total. The molecule has 3 aliphatic heterocycles. The number of rotatable bonds is 3. The number of aryl methyl sites for hydroxylation is 2. The number of aromatic nitrogens is 4. The molecule has 0 spiro atoms. The Balaban J connectivity index is 0.000000288. The standard InChI is InChI=1S/C21H24N6O.C7H11NO.H2/c1-13-20-19(9-18(25-13)14-3-6-22-7-4-14)26-21-17(12-28-20)16(5-8-23-21)15-10-24-27(2)11-15;1-2-7(9)8-5-3-4-6-8;/h5,8-11,14,22H,3-4,6-7,12H2,1-2H3,(H,23,26);2H,1,3-6H2;1H. The summed E-state index contributed by atoms with van der Waals surface area (Å²) in [6.07, 6.45) is 11.6. The van der Waals surface area contributed by atoms with Crippen LogP contribution >= 0.6 is 0 Å². The first-order valence-corrected chi connectivity index (χ1v) is 13.0. The fourth-order valence-corrected chi connectivity index (χ4v) is 5.20. The number of hydrogen-bond acceptors (Lipinski definition) is 7. The maximum Gasteiger partial charge on any atom is 0.245 e. The molecular weight excluding hydrogens is 466 g/mol. The molecule has 0 radical (unpaired) electrons. The molecule has 0 saturated carbocycles. The molecule has 3 aromatic rings. The Hall–Kier alpha value is -3.72. The Morgan fingerprint density at radius 3 is 2.76 bits per heavy atom. The lowest BCUT2D eigenvalue weighted by atomic mass is 9.93. The van der Waals surface area contributed by atoms with Gasteiger partial charge in [-0.2, -0.15) is 5.10 Å². The summed E-state index contributed by atoms with van der Waals surface area (Å²) in [5.41, 5.74) is 6.20. The Kier molecular flexibility index (Phi) is 7.50. The van der Waals surface area contributed by atoms with Gasteiger partial charge in [0.2, 0.25) is 5.91 Å². The minimum absolute atomic E-state index is 0. The average molecular weight is 504 g/mol. The van der Waals surface area contributed by atoms with E-state index < -0.39 is 0 Å². The van der Waals surface area contributed by atoms with Gasteiger partial charge in [-0.25, -0.2) is 4.98 Å². The molecule has 196 valence electrons. The second-order valence-corrected chi connectivity index (χ2v) is 9.77. The van der Waals surface area contributed by atoms with Crippen molar-refractivity contribution in [3.63, 3.8) is 0 Å². The van der Waals surface area contributed by atoms with Crippen molar-refractivity contribution in [1.82, 2.24) is 30.0 Å². The van der Waals surface area contributed by atoms with E-state index in [2.05, 4.69) is 33.4 Å². The lowest BCUT2D eigenvalue weighted by molar-refractivity contribution is -0.124. The smallest absolute Gasteiger partial charge is 0.245 e. The van der Waals surface area contributed by atoms with Crippen LogP contribution < -0.4 is 15.4 Å². The highest BCUT2D eigenvalue weighted by atomic mass is 16.5. The van der Waals surface area contributed by atoms with Crippen LogP contribution in [0.5, 0.6) is 5.75 Å². The van der Waals surface area contributed by atoms with E-state index >= 15 is 0 Å². The molecule has 9 heteroatoms. The molecule has 0 atom stereocenters. The summed E-state index contributed by atoms with van der Waals surface area (Å²) in [7, 11) is 1.92. The van der Waals surface area contributed by atoms with Gasteiger partial charge < -0.3 is 20.3 Å². The number of hydrogen-bond donors (Lipinski definition) is 2. The third kappa shape index (κ3) is 5.51. The highest BCUT2D eigenvalue weighted by molar-refractivity contribution is 5.87. The molecule has 3 aromatic heterocycles. The number of pyridine rings is 2. The number of ether oxygens (including phenoxy) is 1. The van der Waals surface area contributed by atoms with Crippen LogP contribution in [0.15, 0.2) is 43.4 Å². The molecule has 0 unspecified atom stereocenters. The molecule has 6 rings (SSSR count). The molecule has 0 bridgehead atoms. The van der Waals surface area contributed by atoms with Gasteiger partial charge in [0, 0.05) is 56.7 Å². The van der Waals surface area contributed by atoms with Gasteiger partial charge in [0.1, 0.15) is 12.4 Å². The third-order valence-corrected chi connectivity index (χ3v) is 7.20. The first-order chi connectivity index (χ1) is 18.0. The van der Waals surface area contributed by atoms with Gasteiger partial charge in [-0.3, -0.25) is 14.5 Å². The van der Waals surface area contributed by atoms with Crippen molar-refractivity contribution in [2.24, 2.45) is 7.05 Å². The number of fused-ring (bicyclic) bond motifs is 2. The molecule has 0 aliphatic carbocycles. The largest absolute Gasteiger partial charge is 0.485 e. The second kappa shape index (κ2) is 11.1. The highest BCUT2D eigenvalue weighted by Crippen LogP contribution is 2.40. The number of carbonyl (C=O) groups excluding carboxylic acids is 1. The average Bonchev–Trinajstić information content (AvgIpc) is 3.57. The topological polar surface area (TPSA) is 97.2 Å². The van der Waals surface area contributed by atoms with Crippen LogP contribution in [0.2, 0.25) is 0 Å². The van der Waals surface area contributed by atoms with Crippen molar-refractivity contribution >= 4 is 17.4 Å². The van der Waals surface area contributed by atoms with E-state index in [1.807, 2.05) is 43.5 Å². The Bertz CT molecular complexity index is 1280. The predicted molar refractivity (Wildman–Crippen MR) is 146 cm³/mol. The third-order valence-electron chi connectivity index (χ3n) is 7.20. The Morgan fingerprint density at radius 1 is 1.27 bits per heavy atom. The van der Waals surface area contributed by atoms with Gasteiger partial charge in [0.05, 0.1) is 17.6 Å². The molecule has 0 aromatic carbocycles. The van der Waals surface area contributed by atoms with Crippen molar-refractivity contribution in [2.75, 3.05) is 31.5 Å². The summed E-state index contributed by atoms with van der Waals surface area (Å²) in [4.78, 5) is 22.1. The van der Waals surface area contributed by atoms with Gasteiger partial charge in [-0.05, 0) is 69.5 Å². The van der Waals surface area contributed by atoms with Crippen molar-refractivity contribution in [3.8, 4) is 16.9 Å². The number of anilines is 2. The van der Waals surface area contributed by atoms with Crippen molar-refractivity contribution in [3.05, 3.63) is 60.3 Å².